The van der Waals surface area contributed by atoms with Crippen LogP contribution in [0.25, 0.3) is 22.9 Å². The second-order valence-electron chi connectivity index (χ2n) is 6.95. The van der Waals surface area contributed by atoms with Crippen LogP contribution in [0.3, 0.4) is 0 Å². The fourth-order valence-corrected chi connectivity index (χ4v) is 3.95. The molecule has 4 nitrogen and oxygen atoms in total. The molecule has 29 heavy (non-hydrogen) atoms. The maximum absolute atomic E-state index is 9.72. The average Bonchev–Trinajstić information content (AvgIpc) is 3.33. The number of benzene rings is 2. The number of nitriles is 1. The lowest BCUT2D eigenvalue weighted by Gasteiger charge is -2.02. The minimum Gasteiger partial charge on any atom is -0.267 e. The van der Waals surface area contributed by atoms with Crippen LogP contribution in [-0.2, 0) is 6.54 Å². The second kappa shape index (κ2) is 8.26. The van der Waals surface area contributed by atoms with Crippen LogP contribution in [0.1, 0.15) is 27.4 Å². The SMILES string of the molecule is Cc1cccc(-c2nn(Cc3ccccc3)cc2/C=C(\C#N)c2nc(C)cs2)c1. The van der Waals surface area contributed by atoms with E-state index in [9.17, 15) is 5.26 Å². The van der Waals surface area contributed by atoms with Crippen molar-refractivity contribution in [2.45, 2.75) is 20.4 Å². The topological polar surface area (TPSA) is 54.5 Å². The van der Waals surface area contributed by atoms with Gasteiger partial charge in [-0.2, -0.15) is 10.4 Å². The molecule has 0 radical (unpaired) electrons. The minimum atomic E-state index is 0.552. The van der Waals surface area contributed by atoms with E-state index < -0.39 is 0 Å². The zero-order valence-corrected chi connectivity index (χ0v) is 17.1. The summed E-state index contributed by atoms with van der Waals surface area (Å²) in [6, 6.07) is 20.8. The van der Waals surface area contributed by atoms with Crippen molar-refractivity contribution in [3.05, 3.63) is 93.6 Å². The van der Waals surface area contributed by atoms with Gasteiger partial charge in [0.05, 0.1) is 17.8 Å². The lowest BCUT2D eigenvalue weighted by atomic mass is 10.0. The molecule has 0 saturated carbocycles. The molecule has 4 aromatic rings. The molecule has 0 fully saturated rings. The summed E-state index contributed by atoms with van der Waals surface area (Å²) in [5, 5.41) is 17.3. The summed E-state index contributed by atoms with van der Waals surface area (Å²) < 4.78 is 1.93. The molecule has 5 heteroatoms. The van der Waals surface area contributed by atoms with Crippen LogP contribution >= 0.6 is 11.3 Å². The highest BCUT2D eigenvalue weighted by molar-refractivity contribution is 7.11. The first-order valence-electron chi connectivity index (χ1n) is 9.35. The van der Waals surface area contributed by atoms with Crippen LogP contribution in [0.5, 0.6) is 0 Å². The fourth-order valence-electron chi connectivity index (χ4n) is 3.19. The first-order chi connectivity index (χ1) is 14.1. The predicted octanol–water partition coefficient (Wildman–Crippen LogP) is 5.74. The molecular weight excluding hydrogens is 376 g/mol. The fraction of sp³-hybridized carbons (Fsp3) is 0.125. The van der Waals surface area contributed by atoms with Crippen LogP contribution in [-0.4, -0.2) is 14.8 Å². The van der Waals surface area contributed by atoms with Crippen LogP contribution in [0.15, 0.2) is 66.2 Å². The van der Waals surface area contributed by atoms with E-state index in [-0.39, 0.29) is 0 Å². The molecule has 2 heterocycles. The van der Waals surface area contributed by atoms with Gasteiger partial charge in [0.1, 0.15) is 11.1 Å². The molecule has 0 N–H and O–H groups in total. The van der Waals surface area contributed by atoms with Crippen LogP contribution in [0, 0.1) is 25.2 Å². The summed E-state index contributed by atoms with van der Waals surface area (Å²) in [7, 11) is 0. The van der Waals surface area contributed by atoms with Crippen molar-refractivity contribution in [1.29, 1.82) is 5.26 Å². The molecule has 0 aliphatic rings. The molecule has 0 amide bonds. The van der Waals surface area contributed by atoms with Gasteiger partial charge in [-0.1, -0.05) is 54.1 Å². The van der Waals surface area contributed by atoms with E-state index in [1.165, 1.54) is 22.5 Å². The smallest absolute Gasteiger partial charge is 0.134 e. The zero-order valence-electron chi connectivity index (χ0n) is 16.3. The van der Waals surface area contributed by atoms with Gasteiger partial charge < -0.3 is 0 Å². The van der Waals surface area contributed by atoms with Crippen molar-refractivity contribution in [3.8, 4) is 17.3 Å². The van der Waals surface area contributed by atoms with E-state index in [4.69, 9.17) is 5.10 Å². The molecule has 0 saturated heterocycles. The van der Waals surface area contributed by atoms with Gasteiger partial charge in [-0.3, -0.25) is 4.68 Å². The third-order valence-electron chi connectivity index (χ3n) is 4.54. The van der Waals surface area contributed by atoms with Gasteiger partial charge in [-0.25, -0.2) is 4.98 Å². The lowest BCUT2D eigenvalue weighted by molar-refractivity contribution is 0.689. The normalized spacial score (nSPS) is 11.4. The molecule has 142 valence electrons. The highest BCUT2D eigenvalue weighted by Crippen LogP contribution is 2.28. The summed E-state index contributed by atoms with van der Waals surface area (Å²) >= 11 is 1.49. The van der Waals surface area contributed by atoms with Gasteiger partial charge >= 0.3 is 0 Å². The minimum absolute atomic E-state index is 0.552. The molecule has 0 unspecified atom stereocenters. The maximum atomic E-state index is 9.72. The summed E-state index contributed by atoms with van der Waals surface area (Å²) in [6.45, 7) is 4.68. The van der Waals surface area contributed by atoms with Crippen molar-refractivity contribution in [2.75, 3.05) is 0 Å². The molecule has 0 bridgehead atoms. The largest absolute Gasteiger partial charge is 0.267 e. The molecule has 2 aromatic carbocycles. The number of allylic oxidation sites excluding steroid dienone is 1. The molecule has 0 spiro atoms. The Morgan fingerprint density at radius 2 is 1.97 bits per heavy atom. The molecule has 2 aromatic heterocycles. The number of thiazole rings is 1. The van der Waals surface area contributed by atoms with Crippen LogP contribution in [0.4, 0.5) is 0 Å². The van der Waals surface area contributed by atoms with Crippen molar-refractivity contribution in [1.82, 2.24) is 14.8 Å². The van der Waals surface area contributed by atoms with Gasteiger partial charge in [-0.15, -0.1) is 11.3 Å². The summed E-state index contributed by atoms with van der Waals surface area (Å²) in [4.78, 5) is 4.47. The van der Waals surface area contributed by atoms with Gasteiger partial charge in [0.15, 0.2) is 0 Å². The summed E-state index contributed by atoms with van der Waals surface area (Å²) in [5.41, 5.74) is 6.64. The highest BCUT2D eigenvalue weighted by atomic mass is 32.1. The molecule has 0 aliphatic heterocycles. The van der Waals surface area contributed by atoms with E-state index in [0.29, 0.717) is 12.1 Å². The van der Waals surface area contributed by atoms with Gasteiger partial charge in [0.2, 0.25) is 0 Å². The van der Waals surface area contributed by atoms with E-state index in [1.807, 2.05) is 53.5 Å². The number of aryl methyl sites for hydroxylation is 2. The third-order valence-corrected chi connectivity index (χ3v) is 5.53. The predicted molar refractivity (Wildman–Crippen MR) is 118 cm³/mol. The number of hydrogen-bond donors (Lipinski definition) is 0. The lowest BCUT2D eigenvalue weighted by Crippen LogP contribution is -2.00. The third kappa shape index (κ3) is 4.34. The van der Waals surface area contributed by atoms with E-state index in [0.717, 1.165) is 27.5 Å². The monoisotopic (exact) mass is 396 g/mol. The maximum Gasteiger partial charge on any atom is 0.134 e. The Labute approximate surface area is 174 Å². The van der Waals surface area contributed by atoms with E-state index in [2.05, 4.69) is 48.3 Å². The Kier molecular flexibility index (Phi) is 5.37. The van der Waals surface area contributed by atoms with E-state index in [1.54, 1.807) is 0 Å². The van der Waals surface area contributed by atoms with Gasteiger partial charge in [0.25, 0.3) is 0 Å². The summed E-state index contributed by atoms with van der Waals surface area (Å²) in [6.07, 6.45) is 3.90. The molecule has 4 rings (SSSR count). The van der Waals surface area contributed by atoms with E-state index >= 15 is 0 Å². The Balaban J connectivity index is 1.80. The van der Waals surface area contributed by atoms with Crippen molar-refractivity contribution in [2.24, 2.45) is 0 Å². The molecular formula is C24H20N4S. The Bertz CT molecular complexity index is 1210. The van der Waals surface area contributed by atoms with Gasteiger partial charge in [0, 0.05) is 28.4 Å². The molecule has 0 atom stereocenters. The second-order valence-corrected chi connectivity index (χ2v) is 7.81. The van der Waals surface area contributed by atoms with Crippen LogP contribution in [0.2, 0.25) is 0 Å². The van der Waals surface area contributed by atoms with Crippen molar-refractivity contribution in [3.63, 3.8) is 0 Å². The first kappa shape index (κ1) is 18.9. The Morgan fingerprint density at radius 1 is 1.14 bits per heavy atom. The van der Waals surface area contributed by atoms with Crippen LogP contribution < -0.4 is 0 Å². The molecule has 0 aliphatic carbocycles. The number of aromatic nitrogens is 3. The highest BCUT2D eigenvalue weighted by Gasteiger charge is 2.13. The van der Waals surface area contributed by atoms with Crippen molar-refractivity contribution < 1.29 is 0 Å². The quantitative estimate of drug-likeness (QED) is 0.404. The average molecular weight is 397 g/mol. The number of nitrogens with zero attached hydrogens (tertiary/aromatic N) is 4. The Morgan fingerprint density at radius 3 is 2.66 bits per heavy atom. The van der Waals surface area contributed by atoms with Gasteiger partial charge in [-0.05, 0) is 31.6 Å². The summed E-state index contributed by atoms with van der Waals surface area (Å²) in [5.74, 6) is 0. The standard InChI is InChI=1S/C24H20N4S/c1-17-7-6-10-20(11-17)23-22(12-21(13-25)24-26-18(2)16-29-24)15-28(27-23)14-19-8-4-3-5-9-19/h3-12,15-16H,14H2,1-2H3/b21-12+. The number of hydrogen-bond acceptors (Lipinski definition) is 4. The van der Waals surface area contributed by atoms with Crippen molar-refractivity contribution >= 4 is 23.0 Å². The zero-order chi connectivity index (χ0) is 20.2. The first-order valence-corrected chi connectivity index (χ1v) is 10.2. The number of rotatable bonds is 5. The Hall–Kier alpha value is -3.49.